The van der Waals surface area contributed by atoms with E-state index in [1.54, 1.807) is 24.7 Å². The van der Waals surface area contributed by atoms with E-state index in [1.165, 1.54) is 11.8 Å². The fourth-order valence-electron chi connectivity index (χ4n) is 0.967. The minimum Gasteiger partial charge on any atom is -0.368 e. The second kappa shape index (κ2) is 4.22. The molecule has 0 aliphatic rings. The Balaban J connectivity index is 2.28. The maximum absolute atomic E-state index is 5.50. The van der Waals surface area contributed by atoms with Gasteiger partial charge >= 0.3 is 0 Å². The van der Waals surface area contributed by atoms with Crippen molar-refractivity contribution in [3.05, 3.63) is 30.2 Å². The Morgan fingerprint density at radius 3 is 2.67 bits per heavy atom. The van der Waals surface area contributed by atoms with Crippen LogP contribution in [0.4, 0.5) is 5.95 Å². The lowest BCUT2D eigenvalue weighted by Crippen LogP contribution is -1.97. The summed E-state index contributed by atoms with van der Waals surface area (Å²) < 4.78 is 0. The normalized spacial score (nSPS) is 10.2. The van der Waals surface area contributed by atoms with Gasteiger partial charge in [-0.05, 0) is 24.8 Å². The zero-order valence-electron chi connectivity index (χ0n) is 8.08. The van der Waals surface area contributed by atoms with E-state index in [4.69, 9.17) is 5.73 Å². The third-order valence-corrected chi connectivity index (χ3v) is 2.67. The fraction of sp³-hybridized carbons (Fsp3) is 0.111. The van der Waals surface area contributed by atoms with E-state index in [9.17, 15) is 0 Å². The van der Waals surface area contributed by atoms with Gasteiger partial charge in [-0.1, -0.05) is 0 Å². The number of anilines is 1. The van der Waals surface area contributed by atoms with Gasteiger partial charge in [0.1, 0.15) is 5.03 Å². The highest BCUT2D eigenvalue weighted by Crippen LogP contribution is 2.24. The van der Waals surface area contributed by atoms with Crippen molar-refractivity contribution >= 4 is 17.7 Å². The average Bonchev–Trinajstić information content (AvgIpc) is 2.25. The number of aryl methyl sites for hydroxylation is 1. The molecule has 2 rings (SSSR count). The highest BCUT2D eigenvalue weighted by Gasteiger charge is 2.05. The van der Waals surface area contributed by atoms with Crippen molar-refractivity contribution in [1.29, 1.82) is 0 Å². The average molecular weight is 219 g/mol. The van der Waals surface area contributed by atoms with Crippen molar-refractivity contribution in [3.8, 4) is 0 Å². The number of hydrogen-bond donors (Lipinski definition) is 1. The largest absolute Gasteiger partial charge is 0.368 e. The topological polar surface area (TPSA) is 77.6 Å². The number of aromatic nitrogens is 4. The SMILES string of the molecule is Cc1cnc(N)nc1Sc1ncccn1. The van der Waals surface area contributed by atoms with Crippen LogP contribution in [-0.4, -0.2) is 19.9 Å². The zero-order chi connectivity index (χ0) is 10.7. The highest BCUT2D eigenvalue weighted by atomic mass is 32.2. The van der Waals surface area contributed by atoms with Crippen LogP contribution < -0.4 is 5.73 Å². The number of nitrogen functional groups attached to an aromatic ring is 1. The predicted octanol–water partition coefficient (Wildman–Crippen LogP) is 1.31. The van der Waals surface area contributed by atoms with Gasteiger partial charge in [-0.25, -0.2) is 19.9 Å². The van der Waals surface area contributed by atoms with E-state index < -0.39 is 0 Å². The lowest BCUT2D eigenvalue weighted by atomic mass is 10.4. The molecule has 0 fully saturated rings. The first-order valence-corrected chi connectivity index (χ1v) is 5.11. The first-order valence-electron chi connectivity index (χ1n) is 4.29. The van der Waals surface area contributed by atoms with Crippen LogP contribution >= 0.6 is 11.8 Å². The Kier molecular flexibility index (Phi) is 2.77. The van der Waals surface area contributed by atoms with Gasteiger partial charge < -0.3 is 5.73 Å². The predicted molar refractivity (Wildman–Crippen MR) is 57.3 cm³/mol. The number of nitrogens with zero attached hydrogens (tertiary/aromatic N) is 4. The molecule has 5 nitrogen and oxygen atoms in total. The molecule has 0 amide bonds. The molecule has 0 unspecified atom stereocenters. The minimum absolute atomic E-state index is 0.263. The molecule has 0 bridgehead atoms. The summed E-state index contributed by atoms with van der Waals surface area (Å²) in [5.74, 6) is 0.263. The van der Waals surface area contributed by atoms with E-state index in [1.807, 2.05) is 6.92 Å². The molecule has 0 saturated carbocycles. The van der Waals surface area contributed by atoms with E-state index in [2.05, 4.69) is 19.9 Å². The lowest BCUT2D eigenvalue weighted by molar-refractivity contribution is 0.950. The summed E-state index contributed by atoms with van der Waals surface area (Å²) in [6, 6.07) is 1.77. The molecule has 0 radical (unpaired) electrons. The molecular weight excluding hydrogens is 210 g/mol. The molecule has 2 aromatic rings. The molecular formula is C9H9N5S. The van der Waals surface area contributed by atoms with Crippen LogP contribution in [0.3, 0.4) is 0 Å². The molecule has 0 aliphatic heterocycles. The van der Waals surface area contributed by atoms with Crippen molar-refractivity contribution < 1.29 is 0 Å². The molecule has 6 heteroatoms. The quantitative estimate of drug-likeness (QED) is 0.606. The van der Waals surface area contributed by atoms with Gasteiger partial charge in [0.25, 0.3) is 0 Å². The second-order valence-corrected chi connectivity index (χ2v) is 3.81. The van der Waals surface area contributed by atoms with Gasteiger partial charge in [0.2, 0.25) is 5.95 Å². The lowest BCUT2D eigenvalue weighted by Gasteiger charge is -2.02. The molecule has 2 N–H and O–H groups in total. The Bertz CT molecular complexity index is 459. The van der Waals surface area contributed by atoms with Crippen LogP contribution in [0, 0.1) is 6.92 Å². The Morgan fingerprint density at radius 2 is 1.93 bits per heavy atom. The third-order valence-electron chi connectivity index (χ3n) is 1.67. The molecule has 0 aliphatic carbocycles. The molecule has 0 spiro atoms. The summed E-state index contributed by atoms with van der Waals surface area (Å²) in [7, 11) is 0. The Hall–Kier alpha value is -1.69. The van der Waals surface area contributed by atoms with Crippen LogP contribution in [0.5, 0.6) is 0 Å². The summed E-state index contributed by atoms with van der Waals surface area (Å²) in [5.41, 5.74) is 6.46. The van der Waals surface area contributed by atoms with Crippen molar-refractivity contribution in [2.24, 2.45) is 0 Å². The number of nitrogens with two attached hydrogens (primary N) is 1. The Morgan fingerprint density at radius 1 is 1.20 bits per heavy atom. The van der Waals surface area contributed by atoms with E-state index >= 15 is 0 Å². The van der Waals surface area contributed by atoms with Crippen molar-refractivity contribution in [1.82, 2.24) is 19.9 Å². The van der Waals surface area contributed by atoms with E-state index in [0.717, 1.165) is 10.6 Å². The fourth-order valence-corrected chi connectivity index (χ4v) is 1.72. The summed E-state index contributed by atoms with van der Waals surface area (Å²) in [4.78, 5) is 16.2. The third kappa shape index (κ3) is 2.41. The summed E-state index contributed by atoms with van der Waals surface area (Å²) in [6.45, 7) is 1.92. The van der Waals surface area contributed by atoms with Gasteiger partial charge in [0, 0.05) is 24.2 Å². The molecule has 0 atom stereocenters. The molecule has 0 saturated heterocycles. The van der Waals surface area contributed by atoms with Gasteiger partial charge in [0.05, 0.1) is 0 Å². The highest BCUT2D eigenvalue weighted by molar-refractivity contribution is 7.99. The van der Waals surface area contributed by atoms with Gasteiger partial charge in [-0.15, -0.1) is 0 Å². The van der Waals surface area contributed by atoms with Crippen molar-refractivity contribution in [2.75, 3.05) is 5.73 Å². The maximum atomic E-state index is 5.50. The monoisotopic (exact) mass is 219 g/mol. The van der Waals surface area contributed by atoms with Crippen LogP contribution in [0.2, 0.25) is 0 Å². The van der Waals surface area contributed by atoms with Gasteiger partial charge in [-0.2, -0.15) is 0 Å². The van der Waals surface area contributed by atoms with Crippen molar-refractivity contribution in [2.45, 2.75) is 17.1 Å². The van der Waals surface area contributed by atoms with Crippen LogP contribution in [0.1, 0.15) is 5.56 Å². The van der Waals surface area contributed by atoms with Crippen LogP contribution in [-0.2, 0) is 0 Å². The standard InChI is InChI=1S/C9H9N5S/c1-6-5-13-8(10)14-7(6)15-9-11-3-2-4-12-9/h2-5H,1H3,(H2,10,13,14). The van der Waals surface area contributed by atoms with Crippen molar-refractivity contribution in [3.63, 3.8) is 0 Å². The number of rotatable bonds is 2. The van der Waals surface area contributed by atoms with E-state index in [0.29, 0.717) is 5.16 Å². The first kappa shape index (κ1) is 9.85. The molecule has 15 heavy (non-hydrogen) atoms. The van der Waals surface area contributed by atoms with E-state index in [-0.39, 0.29) is 5.95 Å². The smallest absolute Gasteiger partial charge is 0.221 e. The summed E-state index contributed by atoms with van der Waals surface area (Å²) in [6.07, 6.45) is 5.07. The first-order chi connectivity index (χ1) is 7.25. The number of hydrogen-bond acceptors (Lipinski definition) is 6. The molecule has 0 aromatic carbocycles. The summed E-state index contributed by atoms with van der Waals surface area (Å²) in [5, 5.41) is 1.44. The molecule has 76 valence electrons. The minimum atomic E-state index is 0.263. The molecule has 2 aromatic heterocycles. The Labute approximate surface area is 91.2 Å². The maximum Gasteiger partial charge on any atom is 0.221 e. The second-order valence-electron chi connectivity index (χ2n) is 2.85. The zero-order valence-corrected chi connectivity index (χ0v) is 8.90. The van der Waals surface area contributed by atoms with Crippen LogP contribution in [0.15, 0.2) is 34.8 Å². The molecule has 2 heterocycles. The summed E-state index contributed by atoms with van der Waals surface area (Å²) >= 11 is 1.38. The van der Waals surface area contributed by atoms with Gasteiger partial charge in [0.15, 0.2) is 5.16 Å². The van der Waals surface area contributed by atoms with Gasteiger partial charge in [-0.3, -0.25) is 0 Å². The van der Waals surface area contributed by atoms with Crippen LogP contribution in [0.25, 0.3) is 0 Å².